The van der Waals surface area contributed by atoms with E-state index in [1.165, 1.54) is 12.1 Å². The first-order chi connectivity index (χ1) is 14.7. The third-order valence-corrected chi connectivity index (χ3v) is 4.78. The van der Waals surface area contributed by atoms with E-state index in [0.29, 0.717) is 31.5 Å². The molecule has 0 heterocycles. The molecule has 31 heavy (non-hydrogen) atoms. The van der Waals surface area contributed by atoms with Crippen molar-refractivity contribution >= 4 is 23.4 Å². The Balaban J connectivity index is 1.57. The van der Waals surface area contributed by atoms with Crippen molar-refractivity contribution in [2.24, 2.45) is 0 Å². The summed E-state index contributed by atoms with van der Waals surface area (Å²) in [5, 5.41) is 5.47. The van der Waals surface area contributed by atoms with Crippen molar-refractivity contribution in [3.63, 3.8) is 0 Å². The molecule has 0 aliphatic carbocycles. The van der Waals surface area contributed by atoms with Crippen molar-refractivity contribution in [3.05, 3.63) is 65.7 Å². The molecule has 2 aromatic rings. The van der Waals surface area contributed by atoms with Crippen LogP contribution < -0.4 is 15.4 Å². The number of carbonyl (C=O) groups excluding carboxylic acids is 2. The van der Waals surface area contributed by atoms with Gasteiger partial charge in [0.15, 0.2) is 0 Å². The summed E-state index contributed by atoms with van der Waals surface area (Å²) >= 11 is 6.28. The average molecular weight is 457 g/mol. The van der Waals surface area contributed by atoms with Crippen LogP contribution in [0.2, 0.25) is 0 Å². The Morgan fingerprint density at radius 3 is 1.81 bits per heavy atom. The lowest BCUT2D eigenvalue weighted by atomic mass is 10.1. The van der Waals surface area contributed by atoms with E-state index < -0.39 is 6.36 Å². The van der Waals surface area contributed by atoms with Crippen LogP contribution >= 0.6 is 11.6 Å². The van der Waals surface area contributed by atoms with Crippen LogP contribution in [-0.4, -0.2) is 36.6 Å². The molecular formula is C22H24ClF3N2O3. The standard InChI is InChI=1S/C22H24ClF3N2O3/c23-18(8-4-14-27-20(29)16-6-2-1-3-7-16)9-5-15-28-21(30)17-10-12-19(13-11-17)31-22(24,25)26/h1-3,6-7,10-13,18H,4-5,8-9,14-15H2,(H,27,29)(H,28,30). The maximum Gasteiger partial charge on any atom is 0.573 e. The molecule has 168 valence electrons. The quantitative estimate of drug-likeness (QED) is 0.373. The topological polar surface area (TPSA) is 67.4 Å². The van der Waals surface area contributed by atoms with E-state index in [1.807, 2.05) is 6.07 Å². The Hall–Kier alpha value is -2.74. The molecule has 2 rings (SSSR count). The molecule has 0 bridgehead atoms. The van der Waals surface area contributed by atoms with Gasteiger partial charge in [0.05, 0.1) is 0 Å². The van der Waals surface area contributed by atoms with Crippen LogP contribution in [0.15, 0.2) is 54.6 Å². The lowest BCUT2D eigenvalue weighted by molar-refractivity contribution is -0.274. The molecule has 2 N–H and O–H groups in total. The van der Waals surface area contributed by atoms with Crippen molar-refractivity contribution in [3.8, 4) is 5.75 Å². The number of rotatable bonds is 11. The van der Waals surface area contributed by atoms with Crippen LogP contribution in [-0.2, 0) is 0 Å². The Morgan fingerprint density at radius 1 is 0.839 bits per heavy atom. The van der Waals surface area contributed by atoms with Crippen molar-refractivity contribution < 1.29 is 27.5 Å². The summed E-state index contributed by atoms with van der Waals surface area (Å²) in [6.07, 6.45) is -1.95. The highest BCUT2D eigenvalue weighted by Gasteiger charge is 2.31. The third kappa shape index (κ3) is 9.74. The number of hydrogen-bond acceptors (Lipinski definition) is 3. The Kier molecular flexibility index (Phi) is 9.65. The molecule has 9 heteroatoms. The van der Waals surface area contributed by atoms with Gasteiger partial charge in [-0.3, -0.25) is 9.59 Å². The number of hydrogen-bond donors (Lipinski definition) is 2. The summed E-state index contributed by atoms with van der Waals surface area (Å²) in [5.41, 5.74) is 0.856. The lowest BCUT2D eigenvalue weighted by Gasteiger charge is -2.11. The van der Waals surface area contributed by atoms with Gasteiger partial charge in [0.2, 0.25) is 0 Å². The van der Waals surface area contributed by atoms with Crippen molar-refractivity contribution in [1.29, 1.82) is 0 Å². The van der Waals surface area contributed by atoms with Gasteiger partial charge >= 0.3 is 6.36 Å². The largest absolute Gasteiger partial charge is 0.573 e. The number of ether oxygens (including phenoxy) is 1. The minimum absolute atomic E-state index is 0.0793. The zero-order valence-corrected chi connectivity index (χ0v) is 17.5. The van der Waals surface area contributed by atoms with Crippen LogP contribution in [0.5, 0.6) is 5.75 Å². The van der Waals surface area contributed by atoms with E-state index in [2.05, 4.69) is 15.4 Å². The first-order valence-electron chi connectivity index (χ1n) is 9.86. The fourth-order valence-corrected chi connectivity index (χ4v) is 3.11. The number of carbonyl (C=O) groups is 2. The third-order valence-electron chi connectivity index (χ3n) is 4.35. The minimum Gasteiger partial charge on any atom is -0.406 e. The molecule has 5 nitrogen and oxygen atoms in total. The lowest BCUT2D eigenvalue weighted by Crippen LogP contribution is -2.25. The van der Waals surface area contributed by atoms with E-state index in [4.69, 9.17) is 11.6 Å². The van der Waals surface area contributed by atoms with Gasteiger partial charge < -0.3 is 15.4 Å². The Morgan fingerprint density at radius 2 is 1.32 bits per heavy atom. The fraction of sp³-hybridized carbons (Fsp3) is 0.364. The van der Waals surface area contributed by atoms with Gasteiger partial charge in [0, 0.05) is 29.6 Å². The number of benzene rings is 2. The first kappa shape index (κ1) is 24.5. The van der Waals surface area contributed by atoms with E-state index in [-0.39, 0.29) is 28.5 Å². The van der Waals surface area contributed by atoms with Gasteiger partial charge in [0.1, 0.15) is 5.75 Å². The van der Waals surface area contributed by atoms with Gasteiger partial charge in [0.25, 0.3) is 11.8 Å². The van der Waals surface area contributed by atoms with Crippen LogP contribution in [0.25, 0.3) is 0 Å². The van der Waals surface area contributed by atoms with Crippen molar-refractivity contribution in [2.75, 3.05) is 13.1 Å². The molecule has 0 aliphatic rings. The molecule has 0 fully saturated rings. The van der Waals surface area contributed by atoms with E-state index in [9.17, 15) is 22.8 Å². The number of halogens is 4. The van der Waals surface area contributed by atoms with E-state index in [0.717, 1.165) is 25.0 Å². The number of alkyl halides is 4. The molecule has 1 unspecified atom stereocenters. The summed E-state index contributed by atoms with van der Waals surface area (Å²) < 4.78 is 40.2. The molecule has 0 saturated heterocycles. The molecule has 1 atom stereocenters. The maximum atomic E-state index is 12.1. The molecule has 0 spiro atoms. The van der Waals surface area contributed by atoms with Crippen LogP contribution in [0.3, 0.4) is 0 Å². The summed E-state index contributed by atoms with van der Waals surface area (Å²) in [6.45, 7) is 0.926. The van der Waals surface area contributed by atoms with Crippen molar-refractivity contribution in [2.45, 2.75) is 37.4 Å². The molecule has 0 saturated carbocycles. The normalized spacial score (nSPS) is 12.1. The highest BCUT2D eigenvalue weighted by Crippen LogP contribution is 2.22. The maximum absolute atomic E-state index is 12.1. The average Bonchev–Trinajstić information content (AvgIpc) is 2.74. The van der Waals surface area contributed by atoms with E-state index >= 15 is 0 Å². The molecule has 2 aromatic carbocycles. The second-order valence-electron chi connectivity index (χ2n) is 6.83. The summed E-state index contributed by atoms with van der Waals surface area (Å²) in [4.78, 5) is 23.9. The molecule has 0 aliphatic heterocycles. The monoisotopic (exact) mass is 456 g/mol. The zero-order chi connectivity index (χ0) is 22.7. The van der Waals surface area contributed by atoms with Crippen molar-refractivity contribution in [1.82, 2.24) is 10.6 Å². The van der Waals surface area contributed by atoms with Gasteiger partial charge in [-0.15, -0.1) is 24.8 Å². The molecular weight excluding hydrogens is 433 g/mol. The van der Waals surface area contributed by atoms with Gasteiger partial charge in [-0.2, -0.15) is 0 Å². The summed E-state index contributed by atoms with van der Waals surface area (Å²) in [6, 6.07) is 13.7. The second-order valence-corrected chi connectivity index (χ2v) is 7.45. The van der Waals surface area contributed by atoms with Crippen LogP contribution in [0, 0.1) is 0 Å². The Bertz CT molecular complexity index is 830. The number of amides is 2. The molecule has 0 aromatic heterocycles. The fourth-order valence-electron chi connectivity index (χ4n) is 2.80. The van der Waals surface area contributed by atoms with E-state index in [1.54, 1.807) is 24.3 Å². The minimum atomic E-state index is -4.77. The molecule has 0 radical (unpaired) electrons. The van der Waals surface area contributed by atoms with Gasteiger partial charge in [-0.25, -0.2) is 0 Å². The smallest absolute Gasteiger partial charge is 0.406 e. The van der Waals surface area contributed by atoms with Crippen LogP contribution in [0.4, 0.5) is 13.2 Å². The summed E-state index contributed by atoms with van der Waals surface area (Å²) in [7, 11) is 0. The first-order valence-corrected chi connectivity index (χ1v) is 10.3. The predicted octanol–water partition coefficient (Wildman–Crippen LogP) is 4.91. The highest BCUT2D eigenvalue weighted by molar-refractivity contribution is 6.20. The predicted molar refractivity (Wildman–Crippen MR) is 112 cm³/mol. The highest BCUT2D eigenvalue weighted by atomic mass is 35.5. The summed E-state index contributed by atoms with van der Waals surface area (Å²) in [5.74, 6) is -0.880. The SMILES string of the molecule is O=C(NCCCC(Cl)CCCNC(=O)c1ccc(OC(F)(F)F)cc1)c1ccccc1. The van der Waals surface area contributed by atoms with Gasteiger partial charge in [-0.1, -0.05) is 18.2 Å². The Labute approximate surface area is 183 Å². The van der Waals surface area contributed by atoms with Gasteiger partial charge in [-0.05, 0) is 62.1 Å². The molecule has 2 amide bonds. The second kappa shape index (κ2) is 12.2. The number of nitrogens with one attached hydrogen (secondary N) is 2. The van der Waals surface area contributed by atoms with Crippen LogP contribution in [0.1, 0.15) is 46.4 Å². The zero-order valence-electron chi connectivity index (χ0n) is 16.8.